The first-order valence-electron chi connectivity index (χ1n) is 8.26. The fourth-order valence-electron chi connectivity index (χ4n) is 2.95. The molecular formula is C20H17N5O. The van der Waals surface area contributed by atoms with Gasteiger partial charge in [0, 0.05) is 36.3 Å². The predicted molar refractivity (Wildman–Crippen MR) is 99.8 cm³/mol. The molecule has 0 fully saturated rings. The fraction of sp³-hybridized carbons (Fsp3) is 0.100. The molecule has 26 heavy (non-hydrogen) atoms. The molecule has 0 atom stereocenters. The maximum atomic E-state index is 12.1. The normalized spacial score (nSPS) is 10.8. The summed E-state index contributed by atoms with van der Waals surface area (Å²) in [5, 5.41) is 2.64. The highest BCUT2D eigenvalue weighted by Gasteiger charge is 2.14. The Morgan fingerprint density at radius 1 is 1.08 bits per heavy atom. The third kappa shape index (κ3) is 2.71. The zero-order chi connectivity index (χ0) is 18.1. The number of aromatic nitrogens is 4. The van der Waals surface area contributed by atoms with Crippen LogP contribution in [-0.2, 0) is 0 Å². The minimum absolute atomic E-state index is 0.184. The molecule has 0 saturated carbocycles. The highest BCUT2D eigenvalue weighted by Crippen LogP contribution is 2.29. The summed E-state index contributed by atoms with van der Waals surface area (Å²) in [6, 6.07) is 13.7. The van der Waals surface area contributed by atoms with E-state index >= 15 is 0 Å². The van der Waals surface area contributed by atoms with Crippen LogP contribution in [0.4, 0.5) is 0 Å². The molecule has 0 aliphatic rings. The van der Waals surface area contributed by atoms with Gasteiger partial charge in [-0.3, -0.25) is 19.2 Å². The molecule has 1 N–H and O–H groups in total. The lowest BCUT2D eigenvalue weighted by molar-refractivity contribution is 0.0957. The number of carbonyl (C=O) groups excluding carboxylic acids is 1. The van der Waals surface area contributed by atoms with Crippen LogP contribution >= 0.6 is 0 Å². The molecule has 0 saturated heterocycles. The van der Waals surface area contributed by atoms with Crippen molar-refractivity contribution in [2.45, 2.75) is 6.92 Å². The van der Waals surface area contributed by atoms with Crippen LogP contribution in [0.1, 0.15) is 16.2 Å². The summed E-state index contributed by atoms with van der Waals surface area (Å²) < 4.78 is 1.77. The van der Waals surface area contributed by atoms with Gasteiger partial charge in [0.25, 0.3) is 5.91 Å². The van der Waals surface area contributed by atoms with Gasteiger partial charge in [-0.05, 0) is 43.3 Å². The molecule has 0 radical (unpaired) electrons. The zero-order valence-corrected chi connectivity index (χ0v) is 14.5. The molecule has 4 aromatic heterocycles. The first-order valence-corrected chi connectivity index (χ1v) is 8.26. The smallest absolute Gasteiger partial charge is 0.269 e. The Balaban J connectivity index is 1.90. The number of imidazole rings is 1. The minimum Gasteiger partial charge on any atom is -0.354 e. The summed E-state index contributed by atoms with van der Waals surface area (Å²) in [5.74, 6) is -0.184. The molecule has 0 aromatic carbocycles. The highest BCUT2D eigenvalue weighted by atomic mass is 16.1. The maximum absolute atomic E-state index is 12.1. The van der Waals surface area contributed by atoms with E-state index in [0.717, 1.165) is 28.2 Å². The lowest BCUT2D eigenvalue weighted by Crippen LogP contribution is -2.19. The van der Waals surface area contributed by atoms with Crippen LogP contribution in [-0.4, -0.2) is 32.3 Å². The number of fused-ring (bicyclic) bond motifs is 1. The average molecular weight is 343 g/mol. The van der Waals surface area contributed by atoms with Gasteiger partial charge in [0.1, 0.15) is 11.3 Å². The Morgan fingerprint density at radius 2 is 1.96 bits per heavy atom. The van der Waals surface area contributed by atoms with Crippen molar-refractivity contribution in [3.63, 3.8) is 0 Å². The molecule has 6 heteroatoms. The van der Waals surface area contributed by atoms with Crippen molar-refractivity contribution in [3.8, 4) is 22.5 Å². The molecule has 0 aliphatic heterocycles. The summed E-state index contributed by atoms with van der Waals surface area (Å²) in [6.07, 6.45) is 5.21. The Kier molecular flexibility index (Phi) is 3.93. The van der Waals surface area contributed by atoms with Gasteiger partial charge in [-0.15, -0.1) is 0 Å². The molecule has 128 valence electrons. The zero-order valence-electron chi connectivity index (χ0n) is 14.5. The number of carbonyl (C=O) groups is 1. The van der Waals surface area contributed by atoms with E-state index in [4.69, 9.17) is 0 Å². The van der Waals surface area contributed by atoms with E-state index in [1.165, 1.54) is 0 Å². The Labute approximate surface area is 150 Å². The van der Waals surface area contributed by atoms with Gasteiger partial charge in [0.05, 0.1) is 17.6 Å². The number of nitrogens with zero attached hydrogens (tertiary/aromatic N) is 4. The number of hydrogen-bond acceptors (Lipinski definition) is 4. The Hall–Kier alpha value is -3.54. The third-order valence-electron chi connectivity index (χ3n) is 4.21. The number of aryl methyl sites for hydroxylation is 1. The van der Waals surface area contributed by atoms with Crippen LogP contribution in [0.15, 0.2) is 61.1 Å². The van der Waals surface area contributed by atoms with Gasteiger partial charge in [-0.2, -0.15) is 0 Å². The van der Waals surface area contributed by atoms with Crippen molar-refractivity contribution in [2.75, 3.05) is 7.05 Å². The lowest BCUT2D eigenvalue weighted by atomic mass is 10.0. The molecule has 0 aliphatic carbocycles. The van der Waals surface area contributed by atoms with Crippen LogP contribution < -0.4 is 5.32 Å². The maximum Gasteiger partial charge on any atom is 0.269 e. The molecule has 4 rings (SSSR count). The first kappa shape index (κ1) is 16.0. The second kappa shape index (κ2) is 6.40. The molecule has 4 heterocycles. The van der Waals surface area contributed by atoms with E-state index < -0.39 is 0 Å². The van der Waals surface area contributed by atoms with Gasteiger partial charge in [0.2, 0.25) is 0 Å². The number of nitrogens with one attached hydrogen (secondary N) is 1. The van der Waals surface area contributed by atoms with Crippen LogP contribution in [0, 0.1) is 6.92 Å². The van der Waals surface area contributed by atoms with E-state index in [-0.39, 0.29) is 5.91 Å². The topological polar surface area (TPSA) is 72.2 Å². The van der Waals surface area contributed by atoms with E-state index in [9.17, 15) is 4.79 Å². The number of rotatable bonds is 3. The molecule has 4 aromatic rings. The van der Waals surface area contributed by atoms with Crippen LogP contribution in [0.25, 0.3) is 28.2 Å². The molecule has 6 nitrogen and oxygen atoms in total. The van der Waals surface area contributed by atoms with E-state index in [2.05, 4.69) is 20.3 Å². The van der Waals surface area contributed by atoms with E-state index in [1.807, 2.05) is 55.6 Å². The summed E-state index contributed by atoms with van der Waals surface area (Å²) in [4.78, 5) is 25.5. The third-order valence-corrected chi connectivity index (χ3v) is 4.21. The first-order chi connectivity index (χ1) is 12.7. The highest BCUT2D eigenvalue weighted by molar-refractivity contribution is 5.93. The average Bonchev–Trinajstić information content (AvgIpc) is 3.10. The molecular weight excluding hydrogens is 326 g/mol. The van der Waals surface area contributed by atoms with Gasteiger partial charge in [-0.1, -0.05) is 6.07 Å². The molecule has 0 unspecified atom stereocenters. The minimum atomic E-state index is -0.184. The van der Waals surface area contributed by atoms with Gasteiger partial charge in [0.15, 0.2) is 0 Å². The van der Waals surface area contributed by atoms with Crippen molar-refractivity contribution < 1.29 is 4.79 Å². The summed E-state index contributed by atoms with van der Waals surface area (Å²) in [6.45, 7) is 1.97. The largest absolute Gasteiger partial charge is 0.354 e. The second-order valence-electron chi connectivity index (χ2n) is 5.93. The van der Waals surface area contributed by atoms with Crippen molar-refractivity contribution in [3.05, 3.63) is 72.4 Å². The van der Waals surface area contributed by atoms with Crippen LogP contribution in [0.2, 0.25) is 0 Å². The van der Waals surface area contributed by atoms with Crippen molar-refractivity contribution in [1.29, 1.82) is 0 Å². The fourth-order valence-corrected chi connectivity index (χ4v) is 2.95. The second-order valence-corrected chi connectivity index (χ2v) is 5.93. The molecule has 1 amide bonds. The van der Waals surface area contributed by atoms with Crippen molar-refractivity contribution in [1.82, 2.24) is 24.7 Å². The monoisotopic (exact) mass is 343 g/mol. The summed E-state index contributed by atoms with van der Waals surface area (Å²) in [7, 11) is 1.60. The SMILES string of the molecule is CNC(=O)c1cnc2ccc(-c3ncccc3-c3cccc(C)n3)cn12. The summed E-state index contributed by atoms with van der Waals surface area (Å²) >= 11 is 0. The Bertz CT molecular complexity index is 1120. The molecule has 0 bridgehead atoms. The van der Waals surface area contributed by atoms with E-state index in [1.54, 1.807) is 23.8 Å². The number of pyridine rings is 3. The van der Waals surface area contributed by atoms with Gasteiger partial charge >= 0.3 is 0 Å². The number of amides is 1. The quantitative estimate of drug-likeness (QED) is 0.620. The van der Waals surface area contributed by atoms with Crippen LogP contribution in [0.5, 0.6) is 0 Å². The standard InChI is InChI=1S/C20H17N5O/c1-13-5-3-7-16(24-13)15-6-4-10-22-19(15)14-8-9-18-23-11-17(20(26)21-2)25(18)12-14/h3-12H,1-2H3,(H,21,26). The van der Waals surface area contributed by atoms with Crippen molar-refractivity contribution >= 4 is 11.6 Å². The Morgan fingerprint density at radius 3 is 2.77 bits per heavy atom. The number of hydrogen-bond donors (Lipinski definition) is 1. The summed E-state index contributed by atoms with van der Waals surface area (Å²) in [5.41, 5.74) is 5.64. The predicted octanol–water partition coefficient (Wildman–Crippen LogP) is 3.13. The van der Waals surface area contributed by atoms with Gasteiger partial charge < -0.3 is 5.32 Å². The van der Waals surface area contributed by atoms with Gasteiger partial charge in [-0.25, -0.2) is 4.98 Å². The molecule has 0 spiro atoms. The lowest BCUT2D eigenvalue weighted by Gasteiger charge is -2.10. The van der Waals surface area contributed by atoms with Crippen molar-refractivity contribution in [2.24, 2.45) is 0 Å². The van der Waals surface area contributed by atoms with Crippen LogP contribution in [0.3, 0.4) is 0 Å². The van der Waals surface area contributed by atoms with E-state index in [0.29, 0.717) is 11.3 Å².